The van der Waals surface area contributed by atoms with Gasteiger partial charge < -0.3 is 4.74 Å². The smallest absolute Gasteiger partial charge is 0.108 e. The zero-order chi connectivity index (χ0) is 6.78. The summed E-state index contributed by atoms with van der Waals surface area (Å²) < 4.78 is 5.22. The molecular weight excluding hydrogens is 98.9 g/mol. The van der Waals surface area contributed by atoms with E-state index in [2.05, 4.69) is 0 Å². The molecule has 1 nitrogen and oxygen atoms in total. The van der Waals surface area contributed by atoms with Crippen LogP contribution in [0.5, 0.6) is 0 Å². The molecule has 0 fully saturated rings. The Morgan fingerprint density at radius 3 is 1.75 bits per heavy atom. The minimum Gasteiger partial charge on any atom is -0.383 e. The van der Waals surface area contributed by atoms with Gasteiger partial charge in [-0.2, -0.15) is 0 Å². The van der Waals surface area contributed by atoms with E-state index in [1.807, 2.05) is 27.7 Å². The summed E-state index contributed by atoms with van der Waals surface area (Å²) >= 11 is 0. The maximum atomic E-state index is 5.36. The Morgan fingerprint density at radius 2 is 1.75 bits per heavy atom. The summed E-state index contributed by atoms with van der Waals surface area (Å²) in [5, 5.41) is 0. The van der Waals surface area contributed by atoms with Crippen LogP contribution in [0.4, 0.5) is 0 Å². The average Bonchev–Trinajstić information content (AvgIpc) is 1.21. The molecule has 8 heavy (non-hydrogen) atoms. The summed E-state index contributed by atoms with van der Waals surface area (Å²) in [7, 11) is 5.36. The molecule has 0 aliphatic carbocycles. The molecule has 0 aromatic carbocycles. The fourth-order valence-corrected chi connectivity index (χ4v) is 0.558. The van der Waals surface area contributed by atoms with Gasteiger partial charge in [0.1, 0.15) is 7.85 Å². The molecule has 0 saturated carbocycles. The molecule has 0 saturated heterocycles. The van der Waals surface area contributed by atoms with Gasteiger partial charge in [-0.1, -0.05) is 0 Å². The molecule has 0 amide bonds. The Labute approximate surface area is 52.8 Å². The van der Waals surface area contributed by atoms with Crippen molar-refractivity contribution in [1.82, 2.24) is 0 Å². The predicted molar refractivity (Wildman–Crippen MR) is 36.1 cm³/mol. The van der Waals surface area contributed by atoms with Crippen molar-refractivity contribution in [2.75, 3.05) is 0 Å². The van der Waals surface area contributed by atoms with Crippen molar-refractivity contribution in [3.05, 3.63) is 0 Å². The number of hydrogen-bond acceptors (Lipinski definition) is 1. The lowest BCUT2D eigenvalue weighted by molar-refractivity contribution is -0.0153. The molecular formula is C6H13BO. The SMILES string of the molecule is [B]C(C)OC(C)(C)C. The monoisotopic (exact) mass is 112 g/mol. The van der Waals surface area contributed by atoms with E-state index >= 15 is 0 Å². The summed E-state index contributed by atoms with van der Waals surface area (Å²) in [5.41, 5.74) is -0.103. The molecule has 0 bridgehead atoms. The highest BCUT2D eigenvalue weighted by atomic mass is 16.5. The first-order chi connectivity index (χ1) is 3.42. The Kier molecular flexibility index (Phi) is 2.55. The molecule has 0 N–H and O–H groups in total. The van der Waals surface area contributed by atoms with Crippen molar-refractivity contribution >= 4 is 7.85 Å². The maximum absolute atomic E-state index is 5.36. The molecule has 0 heterocycles. The van der Waals surface area contributed by atoms with Gasteiger partial charge in [0.2, 0.25) is 0 Å². The van der Waals surface area contributed by atoms with Crippen molar-refractivity contribution in [1.29, 1.82) is 0 Å². The Bertz CT molecular complexity index is 63.4. The molecule has 0 rings (SSSR count). The van der Waals surface area contributed by atoms with Crippen LogP contribution in [0.15, 0.2) is 0 Å². The van der Waals surface area contributed by atoms with Gasteiger partial charge in [-0.05, 0) is 27.7 Å². The quantitative estimate of drug-likeness (QED) is 0.464. The van der Waals surface area contributed by atoms with Crippen molar-refractivity contribution in [2.45, 2.75) is 39.3 Å². The van der Waals surface area contributed by atoms with E-state index < -0.39 is 0 Å². The third-order valence-corrected chi connectivity index (χ3v) is 0.539. The highest BCUT2D eigenvalue weighted by Gasteiger charge is 2.10. The number of ether oxygens (including phenoxy) is 1. The summed E-state index contributed by atoms with van der Waals surface area (Å²) in [5.74, 6) is 0. The normalized spacial score (nSPS) is 16.0. The van der Waals surface area contributed by atoms with Gasteiger partial charge in [0.15, 0.2) is 0 Å². The summed E-state index contributed by atoms with van der Waals surface area (Å²) in [6.45, 7) is 7.77. The van der Waals surface area contributed by atoms with Crippen LogP contribution in [-0.2, 0) is 4.74 Å². The second kappa shape index (κ2) is 2.54. The predicted octanol–water partition coefficient (Wildman–Crippen LogP) is 1.32. The fourth-order valence-electron chi connectivity index (χ4n) is 0.558. The first kappa shape index (κ1) is 8.02. The zero-order valence-electron chi connectivity index (χ0n) is 6.06. The maximum Gasteiger partial charge on any atom is 0.108 e. The Morgan fingerprint density at radius 1 is 1.38 bits per heavy atom. The van der Waals surface area contributed by atoms with Crippen molar-refractivity contribution < 1.29 is 4.74 Å². The van der Waals surface area contributed by atoms with Crippen molar-refractivity contribution in [3.8, 4) is 0 Å². The minimum atomic E-state index is -0.157. The molecule has 1 unspecified atom stereocenters. The third-order valence-electron chi connectivity index (χ3n) is 0.539. The van der Waals surface area contributed by atoms with Crippen molar-refractivity contribution in [3.63, 3.8) is 0 Å². The van der Waals surface area contributed by atoms with Gasteiger partial charge in [-0.3, -0.25) is 0 Å². The van der Waals surface area contributed by atoms with Crippen LogP contribution >= 0.6 is 0 Å². The molecule has 0 aliphatic heterocycles. The Hall–Kier alpha value is 0.0249. The first-order valence-electron chi connectivity index (χ1n) is 2.85. The Balaban J connectivity index is 3.39. The molecule has 0 aliphatic rings. The molecule has 2 radical (unpaired) electrons. The standard InChI is InChI=1S/C6H13BO/c1-5(7)8-6(2,3)4/h5H,1-4H3. The van der Waals surface area contributed by atoms with E-state index in [1.165, 1.54) is 0 Å². The van der Waals surface area contributed by atoms with E-state index in [1.54, 1.807) is 0 Å². The highest BCUT2D eigenvalue weighted by Crippen LogP contribution is 2.07. The molecule has 2 heteroatoms. The van der Waals surface area contributed by atoms with Gasteiger partial charge in [0, 0.05) is 6.00 Å². The second-order valence-electron chi connectivity index (χ2n) is 2.94. The first-order valence-corrected chi connectivity index (χ1v) is 2.85. The van der Waals surface area contributed by atoms with Gasteiger partial charge in [-0.25, -0.2) is 0 Å². The van der Waals surface area contributed by atoms with Crippen LogP contribution in [0, 0.1) is 0 Å². The van der Waals surface area contributed by atoms with E-state index in [-0.39, 0.29) is 11.6 Å². The number of hydrogen-bond donors (Lipinski definition) is 0. The van der Waals surface area contributed by atoms with Crippen LogP contribution in [0.3, 0.4) is 0 Å². The van der Waals surface area contributed by atoms with Gasteiger partial charge in [0.25, 0.3) is 0 Å². The van der Waals surface area contributed by atoms with Gasteiger partial charge >= 0.3 is 0 Å². The van der Waals surface area contributed by atoms with Crippen LogP contribution < -0.4 is 0 Å². The summed E-state index contributed by atoms with van der Waals surface area (Å²) in [4.78, 5) is 0. The zero-order valence-corrected chi connectivity index (χ0v) is 6.06. The summed E-state index contributed by atoms with van der Waals surface area (Å²) in [6, 6.07) is -0.157. The molecule has 0 spiro atoms. The lowest BCUT2D eigenvalue weighted by Crippen LogP contribution is -2.25. The van der Waals surface area contributed by atoms with E-state index in [4.69, 9.17) is 12.6 Å². The van der Waals surface area contributed by atoms with Crippen LogP contribution in [0.2, 0.25) is 0 Å². The molecule has 0 aromatic heterocycles. The third kappa shape index (κ3) is 6.02. The van der Waals surface area contributed by atoms with Gasteiger partial charge in [-0.15, -0.1) is 0 Å². The second-order valence-corrected chi connectivity index (χ2v) is 2.94. The van der Waals surface area contributed by atoms with Crippen LogP contribution in [-0.4, -0.2) is 19.5 Å². The van der Waals surface area contributed by atoms with Crippen LogP contribution in [0.25, 0.3) is 0 Å². The van der Waals surface area contributed by atoms with Crippen LogP contribution in [0.1, 0.15) is 27.7 Å². The number of rotatable bonds is 1. The summed E-state index contributed by atoms with van der Waals surface area (Å²) in [6.07, 6.45) is 0. The highest BCUT2D eigenvalue weighted by molar-refractivity contribution is 6.10. The molecule has 46 valence electrons. The fraction of sp³-hybridized carbons (Fsp3) is 1.00. The van der Waals surface area contributed by atoms with E-state index in [0.717, 1.165) is 0 Å². The largest absolute Gasteiger partial charge is 0.383 e. The van der Waals surface area contributed by atoms with E-state index in [0.29, 0.717) is 0 Å². The lowest BCUT2D eigenvalue weighted by Gasteiger charge is -2.22. The van der Waals surface area contributed by atoms with Crippen molar-refractivity contribution in [2.24, 2.45) is 0 Å². The lowest BCUT2D eigenvalue weighted by atomic mass is 10.0. The minimum absolute atomic E-state index is 0.103. The molecule has 0 aromatic rings. The van der Waals surface area contributed by atoms with Gasteiger partial charge in [0.05, 0.1) is 5.60 Å². The van der Waals surface area contributed by atoms with E-state index in [9.17, 15) is 0 Å². The average molecular weight is 112 g/mol. The topological polar surface area (TPSA) is 9.23 Å². The molecule has 1 atom stereocenters.